The molecule has 3 unspecified atom stereocenters. The predicted molar refractivity (Wildman–Crippen MR) is 69.0 cm³/mol. The van der Waals surface area contributed by atoms with E-state index in [1.807, 2.05) is 0 Å². The summed E-state index contributed by atoms with van der Waals surface area (Å²) in [6.45, 7) is 8.42. The summed E-state index contributed by atoms with van der Waals surface area (Å²) < 4.78 is 5.01. The standard InChI is InChI=1S/C15H24O3/c1-10(16)18-6-5-12-13(17)9-14(2,3)7-11-8-15(11,12)4/h11-12H,5-9H2,1-4H3. The summed E-state index contributed by atoms with van der Waals surface area (Å²) in [5, 5.41) is 0. The molecule has 3 nitrogen and oxygen atoms in total. The third kappa shape index (κ3) is 2.60. The van der Waals surface area contributed by atoms with Crippen LogP contribution in [0.4, 0.5) is 0 Å². The smallest absolute Gasteiger partial charge is 0.302 e. The Balaban J connectivity index is 2.04. The molecule has 2 fully saturated rings. The van der Waals surface area contributed by atoms with Crippen LogP contribution in [0.15, 0.2) is 0 Å². The summed E-state index contributed by atoms with van der Waals surface area (Å²) >= 11 is 0. The van der Waals surface area contributed by atoms with Crippen LogP contribution in [0.5, 0.6) is 0 Å². The van der Waals surface area contributed by atoms with E-state index in [2.05, 4.69) is 20.8 Å². The second-order valence-electron chi connectivity index (χ2n) is 7.10. The number of hydrogen-bond donors (Lipinski definition) is 0. The summed E-state index contributed by atoms with van der Waals surface area (Å²) in [5.74, 6) is 0.883. The molecule has 0 spiro atoms. The molecule has 2 rings (SSSR count). The Kier molecular flexibility index (Phi) is 3.28. The van der Waals surface area contributed by atoms with Crippen LogP contribution in [0.25, 0.3) is 0 Å². The molecule has 0 amide bonds. The molecule has 0 bridgehead atoms. The molecule has 0 N–H and O–H groups in total. The van der Waals surface area contributed by atoms with Gasteiger partial charge in [0.15, 0.2) is 0 Å². The lowest BCUT2D eigenvalue weighted by molar-refractivity contribution is -0.142. The van der Waals surface area contributed by atoms with Gasteiger partial charge in [0.25, 0.3) is 0 Å². The number of ether oxygens (including phenoxy) is 1. The third-order valence-corrected chi connectivity index (χ3v) is 4.81. The molecular formula is C15H24O3. The molecule has 0 heterocycles. The number of Topliss-reactive ketones (excluding diaryl/α,β-unsaturated/α-hetero) is 1. The zero-order valence-corrected chi connectivity index (χ0v) is 11.9. The number of esters is 1. The molecule has 0 aliphatic heterocycles. The highest BCUT2D eigenvalue weighted by molar-refractivity contribution is 5.83. The van der Waals surface area contributed by atoms with Gasteiger partial charge < -0.3 is 4.74 Å². The third-order valence-electron chi connectivity index (χ3n) is 4.81. The first-order valence-corrected chi connectivity index (χ1v) is 6.91. The number of ketones is 1. The zero-order chi connectivity index (χ0) is 13.6. The lowest BCUT2D eigenvalue weighted by Crippen LogP contribution is -2.26. The van der Waals surface area contributed by atoms with E-state index in [1.54, 1.807) is 0 Å². The summed E-state index contributed by atoms with van der Waals surface area (Å²) in [7, 11) is 0. The van der Waals surface area contributed by atoms with E-state index < -0.39 is 0 Å². The van der Waals surface area contributed by atoms with E-state index in [-0.39, 0.29) is 22.7 Å². The maximum atomic E-state index is 12.4. The van der Waals surface area contributed by atoms with Crippen LogP contribution < -0.4 is 0 Å². The van der Waals surface area contributed by atoms with Crippen LogP contribution >= 0.6 is 0 Å². The highest BCUT2D eigenvalue weighted by Gasteiger charge is 2.60. The first kappa shape index (κ1) is 13.6. The van der Waals surface area contributed by atoms with Gasteiger partial charge in [-0.3, -0.25) is 9.59 Å². The first-order valence-electron chi connectivity index (χ1n) is 6.91. The molecule has 3 atom stereocenters. The van der Waals surface area contributed by atoms with E-state index in [0.29, 0.717) is 31.1 Å². The van der Waals surface area contributed by atoms with E-state index in [0.717, 1.165) is 12.8 Å². The molecule has 0 aromatic rings. The van der Waals surface area contributed by atoms with Gasteiger partial charge in [-0.2, -0.15) is 0 Å². The van der Waals surface area contributed by atoms with Crippen molar-refractivity contribution in [1.82, 2.24) is 0 Å². The normalized spacial score (nSPS) is 37.7. The molecule has 0 saturated heterocycles. The molecule has 2 aliphatic carbocycles. The fourth-order valence-corrected chi connectivity index (χ4v) is 3.72. The van der Waals surface area contributed by atoms with Crippen LogP contribution in [0, 0.1) is 22.7 Å². The molecule has 18 heavy (non-hydrogen) atoms. The number of carbonyl (C=O) groups excluding carboxylic acids is 2. The van der Waals surface area contributed by atoms with Crippen molar-refractivity contribution in [1.29, 1.82) is 0 Å². The fourth-order valence-electron chi connectivity index (χ4n) is 3.72. The van der Waals surface area contributed by atoms with Crippen LogP contribution in [-0.2, 0) is 14.3 Å². The van der Waals surface area contributed by atoms with Crippen molar-refractivity contribution < 1.29 is 14.3 Å². The van der Waals surface area contributed by atoms with Crippen molar-refractivity contribution in [2.45, 2.75) is 53.4 Å². The minimum absolute atomic E-state index is 0.0867. The second-order valence-corrected chi connectivity index (χ2v) is 7.10. The van der Waals surface area contributed by atoms with Gasteiger partial charge in [0.05, 0.1) is 6.61 Å². The SMILES string of the molecule is CC(=O)OCCC1C(=O)CC(C)(C)CC2CC21C. The Morgan fingerprint density at radius 1 is 1.33 bits per heavy atom. The van der Waals surface area contributed by atoms with E-state index >= 15 is 0 Å². The molecule has 0 radical (unpaired) electrons. The molecular weight excluding hydrogens is 228 g/mol. The van der Waals surface area contributed by atoms with E-state index in [1.165, 1.54) is 6.92 Å². The summed E-state index contributed by atoms with van der Waals surface area (Å²) in [6, 6.07) is 0. The van der Waals surface area contributed by atoms with Crippen molar-refractivity contribution in [3.63, 3.8) is 0 Å². The number of rotatable bonds is 3. The summed E-state index contributed by atoms with van der Waals surface area (Å²) in [5.41, 5.74) is 0.306. The zero-order valence-electron chi connectivity index (χ0n) is 11.9. The largest absolute Gasteiger partial charge is 0.466 e. The van der Waals surface area contributed by atoms with Gasteiger partial charge in [-0.15, -0.1) is 0 Å². The summed E-state index contributed by atoms with van der Waals surface area (Å²) in [6.07, 6.45) is 3.68. The molecule has 2 saturated carbocycles. The van der Waals surface area contributed by atoms with Crippen molar-refractivity contribution in [3.05, 3.63) is 0 Å². The van der Waals surface area contributed by atoms with Crippen molar-refractivity contribution >= 4 is 11.8 Å². The molecule has 3 heteroatoms. The van der Waals surface area contributed by atoms with Crippen molar-refractivity contribution in [2.75, 3.05) is 6.61 Å². The van der Waals surface area contributed by atoms with Gasteiger partial charge in [0.1, 0.15) is 5.78 Å². The molecule has 0 aromatic carbocycles. The minimum Gasteiger partial charge on any atom is -0.466 e. The highest BCUT2D eigenvalue weighted by atomic mass is 16.5. The molecule has 102 valence electrons. The Bertz CT molecular complexity index is 372. The van der Waals surface area contributed by atoms with Gasteiger partial charge in [-0.05, 0) is 36.0 Å². The van der Waals surface area contributed by atoms with Crippen molar-refractivity contribution in [3.8, 4) is 0 Å². The molecule has 2 aliphatic rings. The first-order chi connectivity index (χ1) is 8.24. The van der Waals surface area contributed by atoms with Gasteiger partial charge in [-0.25, -0.2) is 0 Å². The van der Waals surface area contributed by atoms with E-state index in [9.17, 15) is 9.59 Å². The fraction of sp³-hybridized carbons (Fsp3) is 0.867. The predicted octanol–water partition coefficient (Wildman–Crippen LogP) is 2.97. The average molecular weight is 252 g/mol. The minimum atomic E-state index is -0.256. The number of hydrogen-bond acceptors (Lipinski definition) is 3. The highest BCUT2D eigenvalue weighted by Crippen LogP contribution is 2.65. The lowest BCUT2D eigenvalue weighted by Gasteiger charge is -2.24. The Morgan fingerprint density at radius 2 is 2.00 bits per heavy atom. The van der Waals surface area contributed by atoms with Gasteiger partial charge in [-0.1, -0.05) is 20.8 Å². The van der Waals surface area contributed by atoms with Gasteiger partial charge in [0, 0.05) is 19.3 Å². The lowest BCUT2D eigenvalue weighted by atomic mass is 9.80. The quantitative estimate of drug-likeness (QED) is 0.725. The van der Waals surface area contributed by atoms with Gasteiger partial charge >= 0.3 is 5.97 Å². The number of fused-ring (bicyclic) bond motifs is 1. The molecule has 0 aromatic heterocycles. The monoisotopic (exact) mass is 252 g/mol. The van der Waals surface area contributed by atoms with Crippen LogP contribution in [0.2, 0.25) is 0 Å². The maximum Gasteiger partial charge on any atom is 0.302 e. The summed E-state index contributed by atoms with van der Waals surface area (Å²) in [4.78, 5) is 23.2. The van der Waals surface area contributed by atoms with Crippen LogP contribution in [-0.4, -0.2) is 18.4 Å². The van der Waals surface area contributed by atoms with Crippen LogP contribution in [0.3, 0.4) is 0 Å². The Labute approximate surface area is 109 Å². The average Bonchev–Trinajstić information content (AvgIpc) is 2.81. The van der Waals surface area contributed by atoms with E-state index in [4.69, 9.17) is 4.74 Å². The van der Waals surface area contributed by atoms with Crippen LogP contribution in [0.1, 0.15) is 53.4 Å². The van der Waals surface area contributed by atoms with Crippen molar-refractivity contribution in [2.24, 2.45) is 22.7 Å². The topological polar surface area (TPSA) is 43.4 Å². The Hall–Kier alpha value is -0.860. The maximum absolute atomic E-state index is 12.4. The second kappa shape index (κ2) is 4.36. The Morgan fingerprint density at radius 3 is 2.61 bits per heavy atom. The van der Waals surface area contributed by atoms with Gasteiger partial charge in [0.2, 0.25) is 0 Å². The number of carbonyl (C=O) groups is 2.